The van der Waals surface area contributed by atoms with E-state index in [9.17, 15) is 18.3 Å². The zero-order chi connectivity index (χ0) is 23.1. The molecule has 0 aliphatic heterocycles. The van der Waals surface area contributed by atoms with Crippen LogP contribution in [0.15, 0.2) is 82.6 Å². The number of aryl methyl sites for hydroxylation is 1. The number of hydrogen-bond acceptors (Lipinski definition) is 5. The van der Waals surface area contributed by atoms with Crippen molar-refractivity contribution in [1.29, 1.82) is 0 Å². The second-order valence-corrected chi connectivity index (χ2v) is 9.74. The number of nitrogens with one attached hydrogen (secondary N) is 1. The van der Waals surface area contributed by atoms with Gasteiger partial charge in [0.25, 0.3) is 0 Å². The van der Waals surface area contributed by atoms with E-state index in [0.29, 0.717) is 18.1 Å². The topological polar surface area (TPSA) is 104 Å². The van der Waals surface area contributed by atoms with E-state index in [2.05, 4.69) is 5.32 Å². The second-order valence-electron chi connectivity index (χ2n) is 7.36. The summed E-state index contributed by atoms with van der Waals surface area (Å²) in [6, 6.07) is 19.0. The van der Waals surface area contributed by atoms with Crippen LogP contribution in [-0.4, -0.2) is 37.7 Å². The molecule has 1 atom stereocenters. The molecule has 0 aliphatic rings. The number of rotatable bonds is 10. The minimum Gasteiger partial charge on any atom is -0.478 e. The predicted octanol–water partition coefficient (Wildman–Crippen LogP) is 4.13. The highest BCUT2D eigenvalue weighted by Crippen LogP contribution is 2.22. The normalized spacial score (nSPS) is 12.4. The molecular formula is C24H24ClNO5S. The van der Waals surface area contributed by atoms with Crippen LogP contribution in [0.3, 0.4) is 0 Å². The SMILES string of the molecule is O=C(O)c1ccc(S(=O)(=O)c2ccc(CCCNC[C@H](O)c3cccc(Cl)c3)cc2)cc1. The van der Waals surface area contributed by atoms with Crippen molar-refractivity contribution >= 4 is 27.4 Å². The Labute approximate surface area is 192 Å². The van der Waals surface area contributed by atoms with Crippen molar-refractivity contribution in [2.75, 3.05) is 13.1 Å². The predicted molar refractivity (Wildman–Crippen MR) is 123 cm³/mol. The number of aliphatic hydroxyl groups is 1. The lowest BCUT2D eigenvalue weighted by atomic mass is 10.1. The zero-order valence-electron chi connectivity index (χ0n) is 17.2. The van der Waals surface area contributed by atoms with Crippen molar-refractivity contribution in [3.8, 4) is 0 Å². The molecule has 0 spiro atoms. The van der Waals surface area contributed by atoms with Gasteiger partial charge in [0.05, 0.1) is 21.5 Å². The Morgan fingerprint density at radius 2 is 1.59 bits per heavy atom. The molecule has 3 rings (SSSR count). The van der Waals surface area contributed by atoms with Crippen molar-refractivity contribution in [2.24, 2.45) is 0 Å². The Morgan fingerprint density at radius 1 is 0.969 bits per heavy atom. The molecule has 0 aromatic heterocycles. The van der Waals surface area contributed by atoms with E-state index in [1.807, 2.05) is 6.07 Å². The minimum atomic E-state index is -3.71. The first-order valence-electron chi connectivity index (χ1n) is 10.1. The number of hydrogen-bond donors (Lipinski definition) is 3. The Bertz CT molecular complexity index is 1160. The first kappa shape index (κ1) is 23.9. The van der Waals surface area contributed by atoms with Gasteiger partial charge in [-0.25, -0.2) is 13.2 Å². The van der Waals surface area contributed by atoms with E-state index in [1.165, 1.54) is 24.3 Å². The number of aromatic carboxylic acids is 1. The fourth-order valence-corrected chi connectivity index (χ4v) is 4.70. The van der Waals surface area contributed by atoms with Crippen LogP contribution in [0.2, 0.25) is 5.02 Å². The molecule has 0 radical (unpaired) electrons. The number of carbonyl (C=O) groups is 1. The van der Waals surface area contributed by atoms with Crippen LogP contribution in [0.5, 0.6) is 0 Å². The summed E-state index contributed by atoms with van der Waals surface area (Å²) in [5.74, 6) is -1.10. The lowest BCUT2D eigenvalue weighted by molar-refractivity contribution is 0.0696. The average Bonchev–Trinajstić information content (AvgIpc) is 2.79. The fourth-order valence-electron chi connectivity index (χ4n) is 3.24. The fraction of sp³-hybridized carbons (Fsp3) is 0.208. The molecule has 168 valence electrons. The molecule has 0 bridgehead atoms. The van der Waals surface area contributed by atoms with Gasteiger partial charge in [0, 0.05) is 11.6 Å². The van der Waals surface area contributed by atoms with Crippen molar-refractivity contribution < 1.29 is 23.4 Å². The molecule has 8 heteroatoms. The molecule has 0 fully saturated rings. The van der Waals surface area contributed by atoms with Gasteiger partial charge in [-0.05, 0) is 79.0 Å². The number of sulfone groups is 1. The number of carboxylic acid groups (broad SMARTS) is 1. The van der Waals surface area contributed by atoms with Gasteiger partial charge in [0.15, 0.2) is 0 Å². The van der Waals surface area contributed by atoms with Crippen LogP contribution in [-0.2, 0) is 16.3 Å². The highest BCUT2D eigenvalue weighted by atomic mass is 35.5. The van der Waals surface area contributed by atoms with Crippen LogP contribution in [0, 0.1) is 0 Å². The lowest BCUT2D eigenvalue weighted by Crippen LogP contribution is -2.22. The number of aliphatic hydroxyl groups excluding tert-OH is 1. The highest BCUT2D eigenvalue weighted by molar-refractivity contribution is 7.91. The van der Waals surface area contributed by atoms with Gasteiger partial charge in [-0.3, -0.25) is 0 Å². The van der Waals surface area contributed by atoms with E-state index in [0.717, 1.165) is 24.0 Å². The van der Waals surface area contributed by atoms with Crippen LogP contribution in [0.1, 0.15) is 34.0 Å². The first-order valence-corrected chi connectivity index (χ1v) is 11.9. The van der Waals surface area contributed by atoms with E-state index in [4.69, 9.17) is 16.7 Å². The van der Waals surface area contributed by atoms with Gasteiger partial charge in [-0.15, -0.1) is 0 Å². The van der Waals surface area contributed by atoms with Gasteiger partial charge in [-0.2, -0.15) is 0 Å². The molecule has 3 aromatic rings. The molecule has 0 aliphatic carbocycles. The van der Waals surface area contributed by atoms with Crippen LogP contribution in [0.25, 0.3) is 0 Å². The largest absolute Gasteiger partial charge is 0.478 e. The van der Waals surface area contributed by atoms with Gasteiger partial charge in [-0.1, -0.05) is 35.9 Å². The standard InChI is InChI=1S/C24H24ClNO5S/c25-20-5-1-4-19(15-20)23(27)16-26-14-2-3-17-6-10-21(11-7-17)32(30,31)22-12-8-18(9-13-22)24(28)29/h1,4-13,15,23,26-27H,2-3,14,16H2,(H,28,29)/t23-/m0/s1. The Morgan fingerprint density at radius 3 is 2.19 bits per heavy atom. The van der Waals surface area contributed by atoms with E-state index < -0.39 is 21.9 Å². The maximum atomic E-state index is 12.7. The Balaban J connectivity index is 1.49. The van der Waals surface area contributed by atoms with Crippen LogP contribution < -0.4 is 5.32 Å². The molecule has 0 heterocycles. The van der Waals surface area contributed by atoms with E-state index in [1.54, 1.807) is 42.5 Å². The van der Waals surface area contributed by atoms with Crippen LogP contribution in [0.4, 0.5) is 0 Å². The summed E-state index contributed by atoms with van der Waals surface area (Å²) in [6.45, 7) is 1.12. The molecule has 0 amide bonds. The highest BCUT2D eigenvalue weighted by Gasteiger charge is 2.18. The third kappa shape index (κ3) is 6.17. The monoisotopic (exact) mass is 473 g/mol. The first-order chi connectivity index (χ1) is 15.3. The van der Waals surface area contributed by atoms with Gasteiger partial charge in [0.2, 0.25) is 9.84 Å². The summed E-state index contributed by atoms with van der Waals surface area (Å²) >= 11 is 5.94. The maximum absolute atomic E-state index is 12.7. The average molecular weight is 474 g/mol. The van der Waals surface area contributed by atoms with Crippen molar-refractivity contribution in [3.63, 3.8) is 0 Å². The summed E-state index contributed by atoms with van der Waals surface area (Å²) < 4.78 is 25.5. The van der Waals surface area contributed by atoms with Crippen LogP contribution >= 0.6 is 11.6 Å². The number of carboxylic acids is 1. The third-order valence-corrected chi connectivity index (χ3v) is 7.06. The lowest BCUT2D eigenvalue weighted by Gasteiger charge is -2.12. The van der Waals surface area contributed by atoms with Gasteiger partial charge >= 0.3 is 5.97 Å². The zero-order valence-corrected chi connectivity index (χ0v) is 18.8. The van der Waals surface area contributed by atoms with Crippen molar-refractivity contribution in [2.45, 2.75) is 28.7 Å². The molecule has 6 nitrogen and oxygen atoms in total. The quantitative estimate of drug-likeness (QED) is 0.382. The Hall–Kier alpha value is -2.71. The Kier molecular flexibility index (Phi) is 8.04. The molecule has 0 unspecified atom stereocenters. The van der Waals surface area contributed by atoms with Gasteiger partial charge in [0.1, 0.15) is 0 Å². The summed E-state index contributed by atoms with van der Waals surface area (Å²) in [5, 5.41) is 22.9. The van der Waals surface area contributed by atoms with E-state index >= 15 is 0 Å². The van der Waals surface area contributed by atoms with E-state index in [-0.39, 0.29) is 15.4 Å². The summed E-state index contributed by atoms with van der Waals surface area (Å²) in [5.41, 5.74) is 1.80. The smallest absolute Gasteiger partial charge is 0.335 e. The molecule has 3 N–H and O–H groups in total. The molecule has 3 aromatic carbocycles. The van der Waals surface area contributed by atoms with Gasteiger partial charge < -0.3 is 15.5 Å². The minimum absolute atomic E-state index is 0.0352. The number of halogens is 1. The third-order valence-electron chi connectivity index (χ3n) is 5.04. The maximum Gasteiger partial charge on any atom is 0.335 e. The summed E-state index contributed by atoms with van der Waals surface area (Å²) in [7, 11) is -3.71. The van der Waals surface area contributed by atoms with Crippen molar-refractivity contribution in [1.82, 2.24) is 5.32 Å². The molecule has 0 saturated carbocycles. The van der Waals surface area contributed by atoms with Crippen molar-refractivity contribution in [3.05, 3.63) is 94.5 Å². The summed E-state index contributed by atoms with van der Waals surface area (Å²) in [4.78, 5) is 11.1. The molecular weight excluding hydrogens is 450 g/mol. The summed E-state index contributed by atoms with van der Waals surface area (Å²) in [6.07, 6.45) is 0.946. The molecule has 32 heavy (non-hydrogen) atoms. The molecule has 0 saturated heterocycles. The second kappa shape index (κ2) is 10.7. The number of benzene rings is 3.